The van der Waals surface area contributed by atoms with Crippen molar-refractivity contribution in [2.75, 3.05) is 6.67 Å². The summed E-state index contributed by atoms with van der Waals surface area (Å²) in [5.74, 6) is -0.588. The molecule has 1 unspecified atom stereocenters. The Morgan fingerprint density at radius 3 is 2.40 bits per heavy atom. The molecule has 1 aromatic carbocycles. The average Bonchev–Trinajstić information content (AvgIpc) is 2.15. The maximum atomic E-state index is 12.1. The van der Waals surface area contributed by atoms with Gasteiger partial charge in [0.2, 0.25) is 0 Å². The Hall–Kier alpha value is -1.30. The Morgan fingerprint density at radius 2 is 1.87 bits per heavy atom. The Morgan fingerprint density at radius 1 is 1.27 bits per heavy atom. The molecule has 0 radical (unpaired) electrons. The molecule has 6 heteroatoms. The summed E-state index contributed by atoms with van der Waals surface area (Å²) >= 11 is 0. The Labute approximate surface area is 83.1 Å². The van der Waals surface area contributed by atoms with E-state index in [1.165, 1.54) is 18.2 Å². The minimum Gasteiger partial charge on any atom is -0.405 e. The molecule has 0 fully saturated rings. The number of alkyl halides is 4. The van der Waals surface area contributed by atoms with Crippen molar-refractivity contribution in [2.45, 2.75) is 12.5 Å². The minimum atomic E-state index is -4.86. The highest BCUT2D eigenvalue weighted by atomic mass is 19.4. The summed E-state index contributed by atoms with van der Waals surface area (Å²) in [7, 11) is 0. The van der Waals surface area contributed by atoms with Crippen molar-refractivity contribution in [3.05, 3.63) is 29.8 Å². The number of para-hydroxylation sites is 1. The van der Waals surface area contributed by atoms with Crippen LogP contribution < -0.4 is 4.74 Å². The molecule has 0 aliphatic heterocycles. The maximum Gasteiger partial charge on any atom is 0.573 e. The number of benzene rings is 1. The number of aliphatic hydroxyl groups excluding tert-OH is 1. The molecule has 1 rings (SSSR count). The molecule has 0 saturated carbocycles. The van der Waals surface area contributed by atoms with Gasteiger partial charge in [-0.05, 0) is 6.07 Å². The van der Waals surface area contributed by atoms with Crippen LogP contribution in [0.15, 0.2) is 24.3 Å². The van der Waals surface area contributed by atoms with Crippen molar-refractivity contribution < 1.29 is 27.4 Å². The summed E-state index contributed by atoms with van der Waals surface area (Å²) in [6.45, 7) is -1.17. The van der Waals surface area contributed by atoms with Crippen molar-refractivity contribution in [2.24, 2.45) is 0 Å². The van der Waals surface area contributed by atoms with Crippen LogP contribution in [0.25, 0.3) is 0 Å². The highest BCUT2D eigenvalue weighted by Crippen LogP contribution is 2.30. The Kier molecular flexibility index (Phi) is 3.52. The van der Waals surface area contributed by atoms with E-state index in [1.807, 2.05) is 0 Å². The first-order chi connectivity index (χ1) is 6.94. The van der Waals surface area contributed by atoms with E-state index in [2.05, 4.69) is 4.74 Å². The smallest absolute Gasteiger partial charge is 0.405 e. The number of rotatable bonds is 3. The van der Waals surface area contributed by atoms with Crippen molar-refractivity contribution in [3.8, 4) is 5.75 Å². The van der Waals surface area contributed by atoms with Crippen molar-refractivity contribution >= 4 is 0 Å². The number of hydrogen-bond acceptors (Lipinski definition) is 2. The molecule has 0 spiro atoms. The van der Waals surface area contributed by atoms with E-state index in [4.69, 9.17) is 5.11 Å². The quantitative estimate of drug-likeness (QED) is 0.799. The van der Waals surface area contributed by atoms with Crippen LogP contribution in [0.1, 0.15) is 11.7 Å². The molecule has 0 aliphatic carbocycles. The van der Waals surface area contributed by atoms with Crippen LogP contribution in [-0.2, 0) is 0 Å². The van der Waals surface area contributed by atoms with Gasteiger partial charge in [0.25, 0.3) is 0 Å². The lowest BCUT2D eigenvalue weighted by Crippen LogP contribution is -2.18. The molecule has 0 aromatic heterocycles. The normalized spacial score (nSPS) is 13.7. The molecular formula is C9H8F4O2. The number of hydrogen-bond donors (Lipinski definition) is 1. The third-order valence-corrected chi connectivity index (χ3v) is 1.65. The Balaban J connectivity index is 2.96. The molecule has 0 aliphatic rings. The van der Waals surface area contributed by atoms with Crippen molar-refractivity contribution in [3.63, 3.8) is 0 Å². The molecule has 1 N–H and O–H groups in total. The zero-order chi connectivity index (χ0) is 11.5. The summed E-state index contributed by atoms with van der Waals surface area (Å²) in [6, 6.07) is 4.87. The summed E-state index contributed by atoms with van der Waals surface area (Å²) in [5, 5.41) is 9.08. The fraction of sp³-hybridized carbons (Fsp3) is 0.333. The minimum absolute atomic E-state index is 0.225. The second-order valence-corrected chi connectivity index (χ2v) is 2.76. The molecular weight excluding hydrogens is 216 g/mol. The van der Waals surface area contributed by atoms with Crippen LogP contribution in [0, 0.1) is 0 Å². The van der Waals surface area contributed by atoms with E-state index in [0.717, 1.165) is 6.07 Å². The van der Waals surface area contributed by atoms with Gasteiger partial charge in [-0.15, -0.1) is 13.2 Å². The number of ether oxygens (including phenoxy) is 1. The van der Waals surface area contributed by atoms with Gasteiger partial charge in [0.1, 0.15) is 18.5 Å². The topological polar surface area (TPSA) is 29.5 Å². The van der Waals surface area contributed by atoms with E-state index in [9.17, 15) is 17.6 Å². The number of aliphatic hydroxyl groups is 1. The van der Waals surface area contributed by atoms with E-state index in [0.29, 0.717) is 0 Å². The Bertz CT molecular complexity index is 324. The fourth-order valence-corrected chi connectivity index (χ4v) is 1.06. The monoisotopic (exact) mass is 224 g/mol. The van der Waals surface area contributed by atoms with Crippen LogP contribution in [0.5, 0.6) is 5.75 Å². The second kappa shape index (κ2) is 4.48. The standard InChI is InChI=1S/C9H8F4O2/c10-5-7(14)6-3-1-2-4-8(6)15-9(11,12)13/h1-4,7,14H,5H2. The van der Waals surface area contributed by atoms with Gasteiger partial charge in [-0.3, -0.25) is 0 Å². The van der Waals surface area contributed by atoms with E-state index in [-0.39, 0.29) is 5.56 Å². The SMILES string of the molecule is OC(CF)c1ccccc1OC(F)(F)F. The highest BCUT2D eigenvalue weighted by molar-refractivity contribution is 5.35. The summed E-state index contributed by atoms with van der Waals surface area (Å²) in [5.41, 5.74) is -0.225. The summed E-state index contributed by atoms with van der Waals surface area (Å²) in [6.07, 6.45) is -6.46. The molecule has 0 saturated heterocycles. The fourth-order valence-electron chi connectivity index (χ4n) is 1.06. The number of halogens is 4. The van der Waals surface area contributed by atoms with Gasteiger partial charge in [-0.25, -0.2) is 4.39 Å². The third-order valence-electron chi connectivity index (χ3n) is 1.65. The first-order valence-electron chi connectivity index (χ1n) is 4.02. The lowest BCUT2D eigenvalue weighted by molar-refractivity contribution is -0.275. The van der Waals surface area contributed by atoms with Gasteiger partial charge in [-0.2, -0.15) is 0 Å². The summed E-state index contributed by atoms with van der Waals surface area (Å²) in [4.78, 5) is 0. The van der Waals surface area contributed by atoms with Gasteiger partial charge in [-0.1, -0.05) is 18.2 Å². The predicted octanol–water partition coefficient (Wildman–Crippen LogP) is 2.59. The van der Waals surface area contributed by atoms with E-state index < -0.39 is 24.9 Å². The first kappa shape index (κ1) is 11.8. The highest BCUT2D eigenvalue weighted by Gasteiger charge is 2.32. The molecule has 1 atom stereocenters. The lowest BCUT2D eigenvalue weighted by Gasteiger charge is -2.14. The predicted molar refractivity (Wildman–Crippen MR) is 44.1 cm³/mol. The second-order valence-electron chi connectivity index (χ2n) is 2.76. The molecule has 2 nitrogen and oxygen atoms in total. The van der Waals surface area contributed by atoms with E-state index >= 15 is 0 Å². The van der Waals surface area contributed by atoms with Crippen molar-refractivity contribution in [1.82, 2.24) is 0 Å². The van der Waals surface area contributed by atoms with Gasteiger partial charge >= 0.3 is 6.36 Å². The third kappa shape index (κ3) is 3.39. The molecule has 15 heavy (non-hydrogen) atoms. The molecule has 84 valence electrons. The lowest BCUT2D eigenvalue weighted by atomic mass is 10.1. The van der Waals surface area contributed by atoms with Crippen molar-refractivity contribution in [1.29, 1.82) is 0 Å². The first-order valence-corrected chi connectivity index (χ1v) is 4.02. The van der Waals surface area contributed by atoms with Gasteiger partial charge in [0, 0.05) is 5.56 Å². The largest absolute Gasteiger partial charge is 0.573 e. The van der Waals surface area contributed by atoms with Crippen LogP contribution in [0.4, 0.5) is 17.6 Å². The van der Waals surface area contributed by atoms with Crippen LogP contribution in [-0.4, -0.2) is 18.1 Å². The van der Waals surface area contributed by atoms with E-state index in [1.54, 1.807) is 0 Å². The van der Waals surface area contributed by atoms with Crippen LogP contribution in [0.3, 0.4) is 0 Å². The maximum absolute atomic E-state index is 12.1. The van der Waals surface area contributed by atoms with Gasteiger partial charge in [0.15, 0.2) is 0 Å². The van der Waals surface area contributed by atoms with Gasteiger partial charge in [0.05, 0.1) is 0 Å². The zero-order valence-corrected chi connectivity index (χ0v) is 7.46. The molecule has 1 aromatic rings. The average molecular weight is 224 g/mol. The van der Waals surface area contributed by atoms with Gasteiger partial charge < -0.3 is 9.84 Å². The van der Waals surface area contributed by atoms with Crippen LogP contribution >= 0.6 is 0 Å². The molecule has 0 heterocycles. The molecule has 0 bridgehead atoms. The zero-order valence-electron chi connectivity index (χ0n) is 7.46. The summed E-state index contributed by atoms with van der Waals surface area (Å²) < 4.78 is 51.4. The molecule has 0 amide bonds. The van der Waals surface area contributed by atoms with Crippen LogP contribution in [0.2, 0.25) is 0 Å².